The summed E-state index contributed by atoms with van der Waals surface area (Å²) in [6.45, 7) is 9.73. The van der Waals surface area contributed by atoms with E-state index in [1.165, 1.54) is 18.5 Å². The van der Waals surface area contributed by atoms with Gasteiger partial charge < -0.3 is 10.3 Å². The van der Waals surface area contributed by atoms with Crippen LogP contribution in [0.4, 0.5) is 0 Å². The van der Waals surface area contributed by atoms with Crippen molar-refractivity contribution >= 4 is 0 Å². The van der Waals surface area contributed by atoms with Gasteiger partial charge >= 0.3 is 0 Å². The van der Waals surface area contributed by atoms with E-state index >= 15 is 0 Å². The zero-order chi connectivity index (χ0) is 13.8. The van der Waals surface area contributed by atoms with Crippen molar-refractivity contribution in [2.75, 3.05) is 13.1 Å². The molecule has 4 heteroatoms. The molecule has 0 saturated carbocycles. The predicted octanol–water partition coefficient (Wildman–Crippen LogP) is 2.41. The average molecular weight is 264 g/mol. The van der Waals surface area contributed by atoms with Crippen LogP contribution in [0.5, 0.6) is 0 Å². The predicted molar refractivity (Wildman–Crippen MR) is 78.9 cm³/mol. The minimum Gasteiger partial charge on any atom is -0.333 e. The monoisotopic (exact) mass is 264 g/mol. The van der Waals surface area contributed by atoms with Gasteiger partial charge in [-0.1, -0.05) is 13.8 Å². The lowest BCUT2D eigenvalue weighted by molar-refractivity contribution is 0.0762. The number of hydrogen-bond donors (Lipinski definition) is 1. The van der Waals surface area contributed by atoms with Crippen molar-refractivity contribution in [3.63, 3.8) is 0 Å². The van der Waals surface area contributed by atoms with Gasteiger partial charge in [0.1, 0.15) is 0 Å². The molecule has 4 nitrogen and oxygen atoms in total. The third-order valence-electron chi connectivity index (χ3n) is 4.34. The molecule has 0 aliphatic carbocycles. The molecule has 0 spiro atoms. The summed E-state index contributed by atoms with van der Waals surface area (Å²) in [5.74, 6) is 0.771. The molecule has 1 fully saturated rings. The van der Waals surface area contributed by atoms with Crippen molar-refractivity contribution in [2.24, 2.45) is 11.7 Å². The van der Waals surface area contributed by atoms with Gasteiger partial charge in [-0.15, -0.1) is 0 Å². The minimum atomic E-state index is 0.312. The lowest BCUT2D eigenvalue weighted by Gasteiger charge is -2.41. The first-order valence-electron chi connectivity index (χ1n) is 7.63. The molecule has 2 rings (SSSR count). The SMILES string of the molecule is CCCn1cncc1C(CN)N1CC(C)CCC1C. The van der Waals surface area contributed by atoms with Crippen molar-refractivity contribution in [2.45, 2.75) is 58.7 Å². The average Bonchev–Trinajstić information content (AvgIpc) is 2.83. The summed E-state index contributed by atoms with van der Waals surface area (Å²) in [5, 5.41) is 0. The van der Waals surface area contributed by atoms with Gasteiger partial charge in [0.25, 0.3) is 0 Å². The second-order valence-electron chi connectivity index (χ2n) is 5.99. The molecular weight excluding hydrogens is 236 g/mol. The minimum absolute atomic E-state index is 0.312. The Kier molecular flexibility index (Phi) is 4.99. The molecule has 2 N–H and O–H groups in total. The quantitative estimate of drug-likeness (QED) is 0.888. The third-order valence-corrected chi connectivity index (χ3v) is 4.34. The van der Waals surface area contributed by atoms with Crippen LogP contribution in [0, 0.1) is 5.92 Å². The molecule has 1 aromatic heterocycles. The van der Waals surface area contributed by atoms with Crippen molar-refractivity contribution in [1.29, 1.82) is 0 Å². The van der Waals surface area contributed by atoms with Crippen LogP contribution in [0.15, 0.2) is 12.5 Å². The van der Waals surface area contributed by atoms with Crippen LogP contribution in [0.2, 0.25) is 0 Å². The molecule has 19 heavy (non-hydrogen) atoms. The van der Waals surface area contributed by atoms with Crippen LogP contribution in [0.1, 0.15) is 51.8 Å². The third kappa shape index (κ3) is 3.18. The van der Waals surface area contributed by atoms with Crippen molar-refractivity contribution in [1.82, 2.24) is 14.5 Å². The van der Waals surface area contributed by atoms with Crippen LogP contribution in [-0.2, 0) is 6.54 Å². The maximum Gasteiger partial charge on any atom is 0.0948 e. The van der Waals surface area contributed by atoms with E-state index in [1.54, 1.807) is 0 Å². The van der Waals surface area contributed by atoms with E-state index in [1.807, 2.05) is 12.5 Å². The highest BCUT2D eigenvalue weighted by Gasteiger charge is 2.30. The van der Waals surface area contributed by atoms with Crippen LogP contribution in [0.25, 0.3) is 0 Å². The molecule has 108 valence electrons. The molecular formula is C15H28N4. The van der Waals surface area contributed by atoms with Gasteiger partial charge in [-0.05, 0) is 32.1 Å². The van der Waals surface area contributed by atoms with Crippen molar-refractivity contribution in [3.05, 3.63) is 18.2 Å². The number of piperidine rings is 1. The number of likely N-dealkylation sites (tertiary alicyclic amines) is 1. The largest absolute Gasteiger partial charge is 0.333 e. The summed E-state index contributed by atoms with van der Waals surface area (Å²) in [4.78, 5) is 6.91. The highest BCUT2D eigenvalue weighted by Crippen LogP contribution is 2.30. The summed E-state index contributed by atoms with van der Waals surface area (Å²) < 4.78 is 2.27. The number of aryl methyl sites for hydroxylation is 1. The maximum atomic E-state index is 6.08. The number of imidazole rings is 1. The Balaban J connectivity index is 2.20. The molecule has 0 radical (unpaired) electrons. The molecule has 2 heterocycles. The van der Waals surface area contributed by atoms with Crippen molar-refractivity contribution in [3.8, 4) is 0 Å². The molecule has 1 aliphatic heterocycles. The van der Waals surface area contributed by atoms with Gasteiger partial charge in [-0.3, -0.25) is 4.90 Å². The second kappa shape index (κ2) is 6.53. The first-order chi connectivity index (χ1) is 9.17. The van der Waals surface area contributed by atoms with Crippen LogP contribution in [0.3, 0.4) is 0 Å². The van der Waals surface area contributed by atoms with E-state index in [4.69, 9.17) is 5.73 Å². The summed E-state index contributed by atoms with van der Waals surface area (Å²) >= 11 is 0. The fourth-order valence-electron chi connectivity index (χ4n) is 3.22. The lowest BCUT2D eigenvalue weighted by atomic mass is 9.93. The topological polar surface area (TPSA) is 47.1 Å². The molecule has 1 saturated heterocycles. The highest BCUT2D eigenvalue weighted by molar-refractivity contribution is 5.08. The van der Waals surface area contributed by atoms with E-state index in [9.17, 15) is 0 Å². The van der Waals surface area contributed by atoms with Gasteiger partial charge in [0.05, 0.1) is 18.1 Å². The van der Waals surface area contributed by atoms with Gasteiger partial charge in [0.15, 0.2) is 0 Å². The normalized spacial score (nSPS) is 26.5. The smallest absolute Gasteiger partial charge is 0.0948 e. The van der Waals surface area contributed by atoms with Gasteiger partial charge in [-0.2, -0.15) is 0 Å². The van der Waals surface area contributed by atoms with Crippen LogP contribution in [-0.4, -0.2) is 33.6 Å². The fourth-order valence-corrected chi connectivity index (χ4v) is 3.22. The Morgan fingerprint density at radius 2 is 2.21 bits per heavy atom. The number of rotatable bonds is 5. The highest BCUT2D eigenvalue weighted by atomic mass is 15.2. The maximum absolute atomic E-state index is 6.08. The van der Waals surface area contributed by atoms with Gasteiger partial charge in [0.2, 0.25) is 0 Å². The zero-order valence-electron chi connectivity index (χ0n) is 12.5. The summed E-state index contributed by atoms with van der Waals surface area (Å²) in [6, 6.07) is 0.932. The molecule has 0 aromatic carbocycles. The summed E-state index contributed by atoms with van der Waals surface area (Å²) in [5.41, 5.74) is 7.37. The first-order valence-corrected chi connectivity index (χ1v) is 7.63. The standard InChI is InChI=1S/C15H28N4/c1-4-7-18-11-17-9-15(18)14(8-16)19-10-12(2)5-6-13(19)3/h9,11-14H,4-8,10,16H2,1-3H3. The van der Waals surface area contributed by atoms with Gasteiger partial charge in [0, 0.05) is 31.9 Å². The molecule has 0 amide bonds. The van der Waals surface area contributed by atoms with Crippen LogP contribution < -0.4 is 5.73 Å². The van der Waals surface area contributed by atoms with E-state index in [0.29, 0.717) is 18.6 Å². The Bertz CT molecular complexity index is 387. The summed E-state index contributed by atoms with van der Waals surface area (Å²) in [6.07, 6.45) is 7.69. The first kappa shape index (κ1) is 14.5. The molecule has 1 aliphatic rings. The van der Waals surface area contributed by atoms with E-state index < -0.39 is 0 Å². The number of nitrogens with zero attached hydrogens (tertiary/aromatic N) is 3. The Morgan fingerprint density at radius 3 is 2.89 bits per heavy atom. The van der Waals surface area contributed by atoms with E-state index in [-0.39, 0.29) is 0 Å². The number of hydrogen-bond acceptors (Lipinski definition) is 3. The summed E-state index contributed by atoms with van der Waals surface area (Å²) in [7, 11) is 0. The van der Waals surface area contributed by atoms with E-state index in [0.717, 1.165) is 25.4 Å². The second-order valence-corrected chi connectivity index (χ2v) is 5.99. The fraction of sp³-hybridized carbons (Fsp3) is 0.800. The Hall–Kier alpha value is -0.870. The van der Waals surface area contributed by atoms with E-state index in [2.05, 4.69) is 35.2 Å². The van der Waals surface area contributed by atoms with Gasteiger partial charge in [-0.25, -0.2) is 4.98 Å². The molecule has 3 unspecified atom stereocenters. The Labute approximate surface area is 117 Å². The number of aromatic nitrogens is 2. The van der Waals surface area contributed by atoms with Crippen molar-refractivity contribution < 1.29 is 0 Å². The van der Waals surface area contributed by atoms with Crippen LogP contribution >= 0.6 is 0 Å². The lowest BCUT2D eigenvalue weighted by Crippen LogP contribution is -2.46. The molecule has 0 bridgehead atoms. The molecule has 1 aromatic rings. The molecule has 3 atom stereocenters. The zero-order valence-corrected chi connectivity index (χ0v) is 12.5. The number of nitrogens with two attached hydrogens (primary N) is 1. The Morgan fingerprint density at radius 1 is 1.42 bits per heavy atom.